The number of thiophene rings is 2. The van der Waals surface area contributed by atoms with Crippen LogP contribution in [-0.4, -0.2) is 12.3 Å². The highest BCUT2D eigenvalue weighted by Crippen LogP contribution is 2.59. The Kier molecular flexibility index (Phi) is 6.51. The van der Waals surface area contributed by atoms with Gasteiger partial charge < -0.3 is 9.88 Å². The Morgan fingerprint density at radius 1 is 0.625 bits per heavy atom. The van der Waals surface area contributed by atoms with Crippen LogP contribution in [0, 0.1) is 13.8 Å². The zero-order valence-corrected chi connectivity index (χ0v) is 35.5. The van der Waals surface area contributed by atoms with Crippen molar-refractivity contribution in [3.63, 3.8) is 0 Å². The lowest BCUT2D eigenvalue weighted by molar-refractivity contribution is 0.208. The van der Waals surface area contributed by atoms with E-state index < -0.39 is 0 Å². The van der Waals surface area contributed by atoms with Crippen molar-refractivity contribution in [1.29, 1.82) is 0 Å². The number of hydrogen-bond acceptors (Lipinski definition) is 3. The van der Waals surface area contributed by atoms with Gasteiger partial charge >= 0.3 is 0 Å². The fraction of sp³-hybridized carbons (Fsp3) is 0.333. The number of rotatable bonds is 1. The Bertz CT molecular complexity index is 3060. The van der Waals surface area contributed by atoms with Crippen molar-refractivity contribution in [2.45, 2.75) is 109 Å². The van der Waals surface area contributed by atoms with E-state index in [0.29, 0.717) is 0 Å². The summed E-state index contributed by atoms with van der Waals surface area (Å²) in [5.41, 5.74) is 18.6. The van der Waals surface area contributed by atoms with Crippen LogP contribution in [0.5, 0.6) is 0 Å². The molecule has 4 bridgehead atoms. The van der Waals surface area contributed by atoms with E-state index in [4.69, 9.17) is 0 Å². The highest BCUT2D eigenvalue weighted by Gasteiger charge is 2.49. The minimum atomic E-state index is 0.0817. The summed E-state index contributed by atoms with van der Waals surface area (Å²) in [5.74, 6) is 0. The van der Waals surface area contributed by atoms with Gasteiger partial charge in [0, 0.05) is 47.9 Å². The summed E-state index contributed by atoms with van der Waals surface area (Å²) in [7, 11) is 2.55. The van der Waals surface area contributed by atoms with Crippen LogP contribution in [0.15, 0.2) is 78.9 Å². The van der Waals surface area contributed by atoms with E-state index in [2.05, 4.69) is 151 Å². The maximum absolute atomic E-state index is 3.94. The Morgan fingerprint density at radius 3 is 2.12 bits per heavy atom. The van der Waals surface area contributed by atoms with Crippen LogP contribution in [0.1, 0.15) is 107 Å². The fourth-order valence-corrected chi connectivity index (χ4v) is 14.2. The number of aryl methyl sites for hydroxylation is 2. The molecule has 2 nitrogen and oxygen atoms in total. The summed E-state index contributed by atoms with van der Waals surface area (Å²) in [6, 6.07) is 31.3. The zero-order chi connectivity index (χ0) is 38.3. The highest BCUT2D eigenvalue weighted by molar-refractivity contribution is 7.29. The largest absolute Gasteiger partial charge is 0.346 e. The van der Waals surface area contributed by atoms with Gasteiger partial charge in [-0.05, 0) is 147 Å². The molecule has 2 aliphatic heterocycles. The number of aromatic nitrogens is 1. The molecule has 56 heavy (non-hydrogen) atoms. The van der Waals surface area contributed by atoms with Crippen LogP contribution in [-0.2, 0) is 21.7 Å². The van der Waals surface area contributed by atoms with Crippen molar-refractivity contribution in [3.05, 3.63) is 112 Å². The van der Waals surface area contributed by atoms with E-state index in [1.165, 1.54) is 123 Å². The van der Waals surface area contributed by atoms with Crippen molar-refractivity contribution in [2.24, 2.45) is 0 Å². The molecule has 0 amide bonds. The summed E-state index contributed by atoms with van der Waals surface area (Å²) in [5, 5.41) is 5.41. The molecule has 12 rings (SSSR count). The van der Waals surface area contributed by atoms with Gasteiger partial charge in [-0.2, -0.15) is 0 Å². The Morgan fingerprint density at radius 2 is 1.34 bits per heavy atom. The third-order valence-corrected chi connectivity index (χ3v) is 17.2. The summed E-state index contributed by atoms with van der Waals surface area (Å²) >= 11 is 3.87. The summed E-state index contributed by atoms with van der Waals surface area (Å²) in [6.07, 6.45) is 6.09. The van der Waals surface area contributed by atoms with Gasteiger partial charge in [0.25, 0.3) is 0 Å². The molecule has 2 unspecified atom stereocenters. The molecule has 1 radical (unpaired) electrons. The quantitative estimate of drug-likeness (QED) is 0.165. The van der Waals surface area contributed by atoms with Gasteiger partial charge in [-0.3, -0.25) is 0 Å². The fourth-order valence-electron chi connectivity index (χ4n) is 12.0. The number of hydrogen-bond donors (Lipinski definition) is 1. The minimum Gasteiger partial charge on any atom is -0.346 e. The molecule has 2 atom stereocenters. The molecular weight excluding hydrogens is 716 g/mol. The average Bonchev–Trinajstić information content (AvgIpc) is 3.83. The number of anilines is 3. The normalized spacial score (nSPS) is 22.8. The number of aromatic amines is 1. The molecule has 5 heteroatoms. The van der Waals surface area contributed by atoms with E-state index >= 15 is 0 Å². The van der Waals surface area contributed by atoms with Gasteiger partial charge in [0.15, 0.2) is 0 Å². The van der Waals surface area contributed by atoms with Crippen molar-refractivity contribution in [2.75, 3.05) is 4.90 Å². The Hall–Kier alpha value is -4.32. The van der Waals surface area contributed by atoms with Crippen molar-refractivity contribution < 1.29 is 0 Å². The molecule has 3 aromatic heterocycles. The smallest absolute Gasteiger partial charge is 0.211 e. The third-order valence-electron chi connectivity index (χ3n) is 15.0. The van der Waals surface area contributed by atoms with Gasteiger partial charge in [-0.25, -0.2) is 0 Å². The molecule has 0 saturated carbocycles. The number of nitrogens with zero attached hydrogens (tertiary/aromatic N) is 1. The minimum absolute atomic E-state index is 0.0817. The first kappa shape index (κ1) is 33.8. The van der Waals surface area contributed by atoms with E-state index in [0.717, 1.165) is 0 Å². The topological polar surface area (TPSA) is 19.0 Å². The van der Waals surface area contributed by atoms with E-state index in [1.54, 1.807) is 22.3 Å². The second kappa shape index (κ2) is 10.8. The van der Waals surface area contributed by atoms with Crippen molar-refractivity contribution in [3.8, 4) is 11.1 Å². The number of H-pyrrole nitrogens is 1. The van der Waals surface area contributed by atoms with E-state index in [-0.39, 0.29) is 21.7 Å². The summed E-state index contributed by atoms with van der Waals surface area (Å²) in [4.78, 5) is 7.91. The van der Waals surface area contributed by atoms with Gasteiger partial charge in [0.05, 0.1) is 11.2 Å². The maximum Gasteiger partial charge on any atom is 0.211 e. The predicted octanol–water partition coefficient (Wildman–Crippen LogP) is 13.5. The molecule has 5 heterocycles. The van der Waals surface area contributed by atoms with E-state index in [9.17, 15) is 0 Å². The molecule has 0 fully saturated rings. The van der Waals surface area contributed by atoms with Crippen LogP contribution in [0.25, 0.3) is 52.4 Å². The van der Waals surface area contributed by atoms with Crippen LogP contribution in [0.3, 0.4) is 0 Å². The van der Waals surface area contributed by atoms with Crippen molar-refractivity contribution in [1.82, 2.24) is 4.98 Å². The first-order valence-electron chi connectivity index (χ1n) is 20.7. The van der Waals surface area contributed by atoms with Crippen LogP contribution < -0.4 is 15.1 Å². The van der Waals surface area contributed by atoms with Gasteiger partial charge in [-0.15, -0.1) is 22.7 Å². The van der Waals surface area contributed by atoms with E-state index in [1.807, 2.05) is 22.7 Å². The summed E-state index contributed by atoms with van der Waals surface area (Å²) < 4.78 is 4.12. The molecule has 5 aromatic carbocycles. The molecule has 277 valence electrons. The molecular formula is C51H48BN2S2. The lowest BCUT2D eigenvalue weighted by Gasteiger charge is -2.51. The molecule has 0 spiro atoms. The number of para-hydroxylation sites is 1. The number of benzene rings is 5. The third kappa shape index (κ3) is 4.34. The monoisotopic (exact) mass is 763 g/mol. The molecule has 8 aromatic rings. The van der Waals surface area contributed by atoms with Gasteiger partial charge in [-0.1, -0.05) is 90.1 Å². The molecule has 4 aliphatic rings. The van der Waals surface area contributed by atoms with Crippen molar-refractivity contribution >= 4 is 98.5 Å². The van der Waals surface area contributed by atoms with Crippen LogP contribution >= 0.6 is 22.7 Å². The standard InChI is InChI=1S/C51H48BN2S2/c1-27-20-32(29-13-11-14-31-42-30-12-9-10-15-40(30)56-47(42)53-44(29)31)43-39(21-27)54-38-24-37-34(22-28(38)2)48(3,4)16-19-51(37,8)26-50(7)18-17-49(5,6)35-25-41-33(23-36(35)50)45(54)46(52-43)55-41/h9-15,20-25,53H,16-19,26H2,1-8H3. The number of nitrogens with one attached hydrogen (secondary N) is 1. The first-order chi connectivity index (χ1) is 26.7. The van der Waals surface area contributed by atoms with Gasteiger partial charge in [0.2, 0.25) is 7.28 Å². The molecule has 2 aliphatic carbocycles. The average molecular weight is 764 g/mol. The molecule has 0 saturated heterocycles. The van der Waals surface area contributed by atoms with Gasteiger partial charge in [0.1, 0.15) is 4.83 Å². The Balaban J connectivity index is 1.18. The number of fused-ring (bicyclic) bond motifs is 9. The predicted molar refractivity (Wildman–Crippen MR) is 245 cm³/mol. The lowest BCUT2D eigenvalue weighted by Crippen LogP contribution is -2.44. The lowest BCUT2D eigenvalue weighted by atomic mass is 9.53. The first-order valence-corrected chi connectivity index (χ1v) is 22.4. The van der Waals surface area contributed by atoms with Crippen LogP contribution in [0.2, 0.25) is 0 Å². The second-order valence-corrected chi connectivity index (χ2v) is 22.0. The maximum atomic E-state index is 3.94. The highest BCUT2D eigenvalue weighted by atomic mass is 32.1. The second-order valence-electron chi connectivity index (χ2n) is 19.8. The molecule has 1 N–H and O–H groups in total. The van der Waals surface area contributed by atoms with Crippen LogP contribution in [0.4, 0.5) is 17.1 Å². The SMILES string of the molecule is Cc1cc(-c2cccc3c2[nH]c2sc4ccccc4c23)c2c(c1)N1c3cc4c(cc3C)C(C)(C)CCC4(C)CC3(C)CCC(C)(C)c4cc5sc(c1c5cc43)[B]2. The summed E-state index contributed by atoms with van der Waals surface area (Å²) in [6.45, 7) is 19.9. The zero-order valence-electron chi connectivity index (χ0n) is 33.9. The Labute approximate surface area is 339 Å².